The average molecular weight is 634 g/mol. The van der Waals surface area contributed by atoms with Crippen LogP contribution in [-0.4, -0.2) is 34.7 Å². The topological polar surface area (TPSA) is 122 Å². The van der Waals surface area contributed by atoms with Gasteiger partial charge in [0.2, 0.25) is 11.8 Å². The highest BCUT2D eigenvalue weighted by atomic mass is 79.9. The van der Waals surface area contributed by atoms with Crippen LogP contribution in [0.5, 0.6) is 0 Å². The predicted molar refractivity (Wildman–Crippen MR) is 123 cm³/mol. The normalized spacial score (nSPS) is 25.2. The lowest BCUT2D eigenvalue weighted by atomic mass is 9.85. The molecule has 168 valence electrons. The van der Waals surface area contributed by atoms with Crippen LogP contribution in [0.1, 0.15) is 30.6 Å². The number of fused-ring (bicyclic) bond motifs is 5. The molecule has 1 aromatic rings. The molecule has 2 bridgehead atoms. The van der Waals surface area contributed by atoms with E-state index in [1.165, 1.54) is 13.8 Å². The van der Waals surface area contributed by atoms with Gasteiger partial charge in [0.05, 0.1) is 42.2 Å². The number of hydrogen-bond acceptors (Lipinski definition) is 6. The molecule has 4 unspecified atom stereocenters. The summed E-state index contributed by atoms with van der Waals surface area (Å²) in [6.07, 6.45) is 4.62. The van der Waals surface area contributed by atoms with Crippen molar-refractivity contribution in [1.29, 1.82) is 0 Å². The quantitative estimate of drug-likeness (QED) is 0.385. The van der Waals surface area contributed by atoms with Crippen LogP contribution >= 0.6 is 47.8 Å². The molecule has 32 heavy (non-hydrogen) atoms. The predicted octanol–water partition coefficient (Wildman–Crippen LogP) is 3.77. The number of hydroxylamine groups is 2. The fraction of sp³-hybridized carbons (Fsp3) is 0.350. The van der Waals surface area contributed by atoms with E-state index in [0.29, 0.717) is 9.54 Å². The molecule has 2 N–H and O–H groups in total. The lowest BCUT2D eigenvalue weighted by Crippen LogP contribution is -2.35. The highest BCUT2D eigenvalue weighted by Crippen LogP contribution is 2.53. The second kappa shape index (κ2) is 8.38. The second-order valence-corrected chi connectivity index (χ2v) is 10.2. The van der Waals surface area contributed by atoms with E-state index >= 15 is 0 Å². The van der Waals surface area contributed by atoms with Crippen molar-refractivity contribution in [2.45, 2.75) is 20.3 Å². The van der Waals surface area contributed by atoms with E-state index < -0.39 is 41.4 Å². The summed E-state index contributed by atoms with van der Waals surface area (Å²) in [6.45, 7) is 2.55. The average Bonchev–Trinajstić information content (AvgIpc) is 3.38. The summed E-state index contributed by atoms with van der Waals surface area (Å²) >= 11 is 9.88. The molecule has 4 rings (SSSR count). The number of allylic oxidation sites excluding steroid dienone is 2. The number of rotatable bonds is 4. The molecule has 1 aromatic carbocycles. The number of benzene rings is 1. The van der Waals surface area contributed by atoms with E-state index in [-0.39, 0.29) is 37.7 Å². The molecular weight excluding hydrogens is 618 g/mol. The third kappa shape index (κ3) is 3.61. The van der Waals surface area contributed by atoms with Crippen LogP contribution in [-0.2, 0) is 24.0 Å². The molecule has 3 aliphatic rings. The van der Waals surface area contributed by atoms with Crippen molar-refractivity contribution in [3.63, 3.8) is 0 Å². The van der Waals surface area contributed by atoms with Crippen LogP contribution in [0.2, 0.25) is 0 Å². The van der Waals surface area contributed by atoms with Crippen LogP contribution < -0.4 is 10.6 Å². The number of anilines is 2. The van der Waals surface area contributed by atoms with E-state index in [0.717, 1.165) is 6.42 Å². The summed E-state index contributed by atoms with van der Waals surface area (Å²) in [5.41, 5.74) is 0.198. The van der Waals surface area contributed by atoms with E-state index in [1.807, 2.05) is 12.2 Å². The third-order valence-electron chi connectivity index (χ3n) is 5.73. The van der Waals surface area contributed by atoms with Crippen molar-refractivity contribution < 1.29 is 28.8 Å². The first-order chi connectivity index (χ1) is 15.0. The zero-order valence-corrected chi connectivity index (χ0v) is 21.5. The van der Waals surface area contributed by atoms with Gasteiger partial charge in [-0.3, -0.25) is 19.2 Å². The molecule has 0 spiro atoms. The number of amides is 4. The Hall–Kier alpha value is -2.05. The number of nitrogens with one attached hydrogen (secondary N) is 2. The molecule has 12 heteroatoms. The van der Waals surface area contributed by atoms with Crippen molar-refractivity contribution in [3.05, 3.63) is 31.1 Å². The van der Waals surface area contributed by atoms with Gasteiger partial charge in [-0.2, -0.15) is 0 Å². The highest BCUT2D eigenvalue weighted by molar-refractivity contribution is 9.12. The Bertz CT molecular complexity index is 1060. The van der Waals surface area contributed by atoms with Gasteiger partial charge in [-0.05, 0) is 66.0 Å². The minimum atomic E-state index is -1.02. The zero-order valence-electron chi connectivity index (χ0n) is 16.7. The second-order valence-electron chi connectivity index (χ2n) is 7.78. The van der Waals surface area contributed by atoms with Gasteiger partial charge in [-0.25, -0.2) is 4.79 Å². The summed E-state index contributed by atoms with van der Waals surface area (Å²) in [4.78, 5) is 67.5. The van der Waals surface area contributed by atoms with Crippen LogP contribution in [0.3, 0.4) is 0 Å². The van der Waals surface area contributed by atoms with Gasteiger partial charge in [0.15, 0.2) is 0 Å². The van der Waals surface area contributed by atoms with Gasteiger partial charge >= 0.3 is 5.97 Å². The number of carbonyl (C=O) groups excluding carboxylic acids is 5. The summed E-state index contributed by atoms with van der Waals surface area (Å²) < 4.78 is 0.557. The monoisotopic (exact) mass is 631 g/mol. The molecule has 9 nitrogen and oxygen atoms in total. The maximum absolute atomic E-state index is 13.1. The largest absolute Gasteiger partial charge is 0.366 e. The molecule has 1 saturated carbocycles. The highest BCUT2D eigenvalue weighted by Gasteiger charge is 2.61. The molecule has 0 aromatic heterocycles. The van der Waals surface area contributed by atoms with Crippen molar-refractivity contribution in [1.82, 2.24) is 5.06 Å². The first-order valence-corrected chi connectivity index (χ1v) is 11.9. The number of hydrogen-bond donors (Lipinski definition) is 2. The lowest BCUT2D eigenvalue weighted by molar-refractivity contribution is -0.175. The van der Waals surface area contributed by atoms with E-state index in [2.05, 4.69) is 58.4 Å². The summed E-state index contributed by atoms with van der Waals surface area (Å²) in [5, 5.41) is 5.69. The van der Waals surface area contributed by atoms with E-state index in [4.69, 9.17) is 4.84 Å². The SMILES string of the molecule is CC(=O)Nc1c(Br)c(NC(C)=O)c(Br)c(C(=O)ON2C(=O)C3C4C=CC(C4)C3C2=O)c1Br. The Balaban J connectivity index is 1.70. The smallest absolute Gasteiger partial charge is 0.325 e. The molecule has 1 heterocycles. The van der Waals surface area contributed by atoms with Gasteiger partial charge in [-0.15, -0.1) is 5.06 Å². The van der Waals surface area contributed by atoms with Gasteiger partial charge in [0.1, 0.15) is 0 Å². The molecule has 2 aliphatic carbocycles. The Kier molecular flexibility index (Phi) is 6.05. The first-order valence-electron chi connectivity index (χ1n) is 9.57. The van der Waals surface area contributed by atoms with Crippen LogP contribution in [0.4, 0.5) is 11.4 Å². The maximum Gasteiger partial charge on any atom is 0.366 e. The van der Waals surface area contributed by atoms with E-state index in [9.17, 15) is 24.0 Å². The summed E-state index contributed by atoms with van der Waals surface area (Å²) in [6, 6.07) is 0. The fourth-order valence-electron chi connectivity index (χ4n) is 4.51. The molecular formula is C20H16Br3N3O6. The minimum Gasteiger partial charge on any atom is -0.325 e. The van der Waals surface area contributed by atoms with Crippen LogP contribution in [0, 0.1) is 23.7 Å². The molecule has 4 atom stereocenters. The van der Waals surface area contributed by atoms with E-state index in [1.54, 1.807) is 0 Å². The lowest BCUT2D eigenvalue weighted by Gasteiger charge is -2.20. The van der Waals surface area contributed by atoms with Gasteiger partial charge in [0, 0.05) is 13.8 Å². The van der Waals surface area contributed by atoms with Crippen molar-refractivity contribution >= 4 is 88.8 Å². The Morgan fingerprint density at radius 2 is 1.31 bits per heavy atom. The number of halogens is 3. The van der Waals surface area contributed by atoms with Gasteiger partial charge < -0.3 is 15.5 Å². The number of imide groups is 1. The zero-order chi connectivity index (χ0) is 23.5. The van der Waals surface area contributed by atoms with Crippen molar-refractivity contribution in [3.8, 4) is 0 Å². The number of nitrogens with zero attached hydrogens (tertiary/aromatic N) is 1. The Morgan fingerprint density at radius 1 is 0.875 bits per heavy atom. The Morgan fingerprint density at radius 3 is 1.72 bits per heavy atom. The van der Waals surface area contributed by atoms with Crippen LogP contribution in [0.15, 0.2) is 25.6 Å². The van der Waals surface area contributed by atoms with Gasteiger partial charge in [0.25, 0.3) is 11.8 Å². The molecule has 1 aliphatic heterocycles. The standard InChI is InChI=1S/C20H16Br3N3O6/c1-6(27)24-16-13(21)12(14(22)17(15(16)23)25-7(2)28)20(31)32-26-18(29)10-8-3-4-9(5-8)11(10)19(26)30/h3-4,8-11H,5H2,1-2H3,(H,24,27)(H,25,28). The summed E-state index contributed by atoms with van der Waals surface area (Å²) in [7, 11) is 0. The van der Waals surface area contributed by atoms with Gasteiger partial charge in [-0.1, -0.05) is 12.2 Å². The molecule has 1 saturated heterocycles. The third-order valence-corrected chi connectivity index (χ3v) is 8.11. The maximum atomic E-state index is 13.1. The fourth-order valence-corrected chi connectivity index (χ4v) is 7.22. The first kappa shape index (κ1) is 23.1. The number of carbonyl (C=O) groups is 5. The molecule has 0 radical (unpaired) electrons. The Labute approximate surface area is 207 Å². The molecule has 2 fully saturated rings. The van der Waals surface area contributed by atoms with Crippen molar-refractivity contribution in [2.75, 3.05) is 10.6 Å². The molecule has 4 amide bonds. The summed E-state index contributed by atoms with van der Waals surface area (Å²) in [5.74, 6) is -4.07. The minimum absolute atomic E-state index is 0.0333. The van der Waals surface area contributed by atoms with Crippen molar-refractivity contribution in [2.24, 2.45) is 23.7 Å². The van der Waals surface area contributed by atoms with Crippen LogP contribution in [0.25, 0.3) is 0 Å².